The molecule has 3 amide bonds. The van der Waals surface area contributed by atoms with Crippen molar-refractivity contribution >= 4 is 29.1 Å². The third kappa shape index (κ3) is 5.48. The molecule has 4 rings (SSSR count). The number of alkyl halides is 3. The summed E-state index contributed by atoms with van der Waals surface area (Å²) in [5, 5.41) is 2.46. The molecule has 0 aromatic heterocycles. The Balaban J connectivity index is 1.57. The van der Waals surface area contributed by atoms with Gasteiger partial charge in [0, 0.05) is 18.4 Å². The number of nitrogens with one attached hydrogen (secondary N) is 1. The molecule has 0 aliphatic carbocycles. The zero-order chi connectivity index (χ0) is 25.9. The standard InChI is InChI=1S/C26H21F3N2O5/c1-2-35-19-8-10-20(11-9-19)36-22-12-5-17(26(27,28)29)15-21(22)30-25(34)16-3-6-18(7-4-16)31-23(32)13-14-24(31)33/h3-12,15H,2,13-14H2,1H3,(H,30,34). The van der Waals surface area contributed by atoms with E-state index >= 15 is 0 Å². The van der Waals surface area contributed by atoms with E-state index in [1.165, 1.54) is 24.3 Å². The van der Waals surface area contributed by atoms with Gasteiger partial charge in [0.2, 0.25) is 11.8 Å². The summed E-state index contributed by atoms with van der Waals surface area (Å²) in [4.78, 5) is 37.7. The number of amides is 3. The number of carbonyl (C=O) groups is 3. The van der Waals surface area contributed by atoms with Crippen LogP contribution in [0.4, 0.5) is 24.5 Å². The van der Waals surface area contributed by atoms with E-state index in [2.05, 4.69) is 5.32 Å². The van der Waals surface area contributed by atoms with Gasteiger partial charge in [0.25, 0.3) is 5.91 Å². The molecule has 186 valence electrons. The fourth-order valence-corrected chi connectivity index (χ4v) is 3.61. The predicted octanol–water partition coefficient (Wildman–Crippen LogP) is 5.80. The highest BCUT2D eigenvalue weighted by Gasteiger charge is 2.32. The minimum absolute atomic E-state index is 0.00499. The Bertz CT molecular complexity index is 1270. The molecule has 1 saturated heterocycles. The molecule has 0 unspecified atom stereocenters. The molecule has 3 aromatic rings. The Morgan fingerprint density at radius 3 is 2.11 bits per heavy atom. The normalized spacial score (nSPS) is 13.6. The van der Waals surface area contributed by atoms with Crippen LogP contribution >= 0.6 is 0 Å². The van der Waals surface area contributed by atoms with Crippen molar-refractivity contribution in [3.05, 3.63) is 77.9 Å². The first-order chi connectivity index (χ1) is 17.2. The van der Waals surface area contributed by atoms with Gasteiger partial charge in [-0.3, -0.25) is 19.3 Å². The van der Waals surface area contributed by atoms with E-state index in [0.717, 1.165) is 23.1 Å². The summed E-state index contributed by atoms with van der Waals surface area (Å²) in [7, 11) is 0. The van der Waals surface area contributed by atoms with Crippen LogP contribution in [0.3, 0.4) is 0 Å². The van der Waals surface area contributed by atoms with Crippen LogP contribution in [0.2, 0.25) is 0 Å². The van der Waals surface area contributed by atoms with Gasteiger partial charge < -0.3 is 14.8 Å². The smallest absolute Gasteiger partial charge is 0.416 e. The van der Waals surface area contributed by atoms with Crippen LogP contribution in [0.25, 0.3) is 0 Å². The number of benzene rings is 3. The van der Waals surface area contributed by atoms with E-state index in [9.17, 15) is 27.6 Å². The maximum absolute atomic E-state index is 13.3. The summed E-state index contributed by atoms with van der Waals surface area (Å²) in [6.45, 7) is 2.31. The number of nitrogens with zero attached hydrogens (tertiary/aromatic N) is 1. The quantitative estimate of drug-likeness (QED) is 0.416. The molecule has 1 fully saturated rings. The monoisotopic (exact) mass is 498 g/mol. The van der Waals surface area contributed by atoms with Crippen molar-refractivity contribution < 1.29 is 37.0 Å². The van der Waals surface area contributed by atoms with Gasteiger partial charge in [-0.05, 0) is 73.7 Å². The molecule has 0 radical (unpaired) electrons. The lowest BCUT2D eigenvalue weighted by atomic mass is 10.1. The number of halogens is 3. The number of imide groups is 1. The molecular weight excluding hydrogens is 477 g/mol. The highest BCUT2D eigenvalue weighted by Crippen LogP contribution is 2.37. The lowest BCUT2D eigenvalue weighted by Gasteiger charge is -2.16. The van der Waals surface area contributed by atoms with Crippen LogP contribution in [0.5, 0.6) is 17.2 Å². The summed E-state index contributed by atoms with van der Waals surface area (Å²) in [6, 6.07) is 14.9. The highest BCUT2D eigenvalue weighted by molar-refractivity contribution is 6.20. The third-order valence-corrected chi connectivity index (χ3v) is 5.36. The lowest BCUT2D eigenvalue weighted by molar-refractivity contribution is -0.137. The van der Waals surface area contributed by atoms with E-state index in [-0.39, 0.29) is 41.7 Å². The Morgan fingerprint density at radius 1 is 0.917 bits per heavy atom. The fraction of sp³-hybridized carbons (Fsp3) is 0.192. The van der Waals surface area contributed by atoms with Crippen LogP contribution in [0.1, 0.15) is 35.7 Å². The zero-order valence-corrected chi connectivity index (χ0v) is 19.1. The first-order valence-corrected chi connectivity index (χ1v) is 11.0. The maximum Gasteiger partial charge on any atom is 0.416 e. The average Bonchev–Trinajstić information content (AvgIpc) is 3.18. The number of ether oxygens (including phenoxy) is 2. The van der Waals surface area contributed by atoms with Crippen molar-refractivity contribution in [1.82, 2.24) is 0 Å². The van der Waals surface area contributed by atoms with Gasteiger partial charge in [-0.25, -0.2) is 0 Å². The molecule has 7 nitrogen and oxygen atoms in total. The van der Waals surface area contributed by atoms with Crippen molar-refractivity contribution in [2.45, 2.75) is 25.9 Å². The summed E-state index contributed by atoms with van der Waals surface area (Å²) in [5.41, 5.74) is -0.712. The molecule has 1 heterocycles. The lowest BCUT2D eigenvalue weighted by Crippen LogP contribution is -2.28. The first kappa shape index (κ1) is 24.8. The van der Waals surface area contributed by atoms with Gasteiger partial charge in [-0.1, -0.05) is 0 Å². The summed E-state index contributed by atoms with van der Waals surface area (Å²) < 4.78 is 51.1. The largest absolute Gasteiger partial charge is 0.494 e. The van der Waals surface area contributed by atoms with E-state index < -0.39 is 17.6 Å². The van der Waals surface area contributed by atoms with Crippen molar-refractivity contribution in [2.24, 2.45) is 0 Å². The maximum atomic E-state index is 13.3. The molecule has 0 saturated carbocycles. The van der Waals surface area contributed by atoms with E-state index in [1.807, 2.05) is 6.92 Å². The molecule has 1 aliphatic rings. The fourth-order valence-electron chi connectivity index (χ4n) is 3.61. The van der Waals surface area contributed by atoms with Gasteiger partial charge in [0.1, 0.15) is 11.5 Å². The summed E-state index contributed by atoms with van der Waals surface area (Å²) >= 11 is 0. The van der Waals surface area contributed by atoms with E-state index in [0.29, 0.717) is 23.8 Å². The third-order valence-electron chi connectivity index (χ3n) is 5.36. The van der Waals surface area contributed by atoms with E-state index in [1.54, 1.807) is 24.3 Å². The number of hydrogen-bond acceptors (Lipinski definition) is 5. The summed E-state index contributed by atoms with van der Waals surface area (Å²) in [6.07, 6.45) is -4.39. The topological polar surface area (TPSA) is 84.9 Å². The van der Waals surface area contributed by atoms with Crippen molar-refractivity contribution in [2.75, 3.05) is 16.8 Å². The van der Waals surface area contributed by atoms with Gasteiger partial charge in [-0.15, -0.1) is 0 Å². The van der Waals surface area contributed by atoms with Crippen molar-refractivity contribution in [3.63, 3.8) is 0 Å². The van der Waals surface area contributed by atoms with Gasteiger partial charge in [0.15, 0.2) is 5.75 Å². The van der Waals surface area contributed by atoms with Gasteiger partial charge in [-0.2, -0.15) is 13.2 Å². The van der Waals surface area contributed by atoms with Crippen LogP contribution in [0.15, 0.2) is 66.7 Å². The van der Waals surface area contributed by atoms with E-state index in [4.69, 9.17) is 9.47 Å². The second-order valence-electron chi connectivity index (χ2n) is 7.84. The van der Waals surface area contributed by atoms with Gasteiger partial charge in [0.05, 0.1) is 23.5 Å². The molecule has 10 heteroatoms. The molecule has 1 N–H and O–H groups in total. The molecule has 36 heavy (non-hydrogen) atoms. The Kier molecular flexibility index (Phi) is 6.96. The molecule has 0 bridgehead atoms. The number of carbonyl (C=O) groups excluding carboxylic acids is 3. The minimum atomic E-state index is -4.63. The Labute approximate surface area is 204 Å². The molecular formula is C26H21F3N2O5. The average molecular weight is 498 g/mol. The predicted molar refractivity (Wildman–Crippen MR) is 125 cm³/mol. The summed E-state index contributed by atoms with van der Waals surface area (Å²) in [5.74, 6) is -0.430. The van der Waals surface area contributed by atoms with Crippen LogP contribution < -0.4 is 19.7 Å². The Morgan fingerprint density at radius 2 is 1.53 bits per heavy atom. The van der Waals surface area contributed by atoms with Crippen LogP contribution in [-0.4, -0.2) is 24.3 Å². The van der Waals surface area contributed by atoms with Crippen molar-refractivity contribution in [3.8, 4) is 17.2 Å². The second-order valence-corrected chi connectivity index (χ2v) is 7.84. The minimum Gasteiger partial charge on any atom is -0.494 e. The Hall–Kier alpha value is -4.34. The number of rotatable bonds is 7. The molecule has 0 atom stereocenters. The highest BCUT2D eigenvalue weighted by atomic mass is 19.4. The molecule has 1 aliphatic heterocycles. The second kappa shape index (κ2) is 10.1. The SMILES string of the molecule is CCOc1ccc(Oc2ccc(C(F)(F)F)cc2NC(=O)c2ccc(N3C(=O)CCC3=O)cc2)cc1. The number of hydrogen-bond donors (Lipinski definition) is 1. The number of anilines is 2. The van der Waals surface area contributed by atoms with Crippen LogP contribution in [-0.2, 0) is 15.8 Å². The zero-order valence-electron chi connectivity index (χ0n) is 19.1. The van der Waals surface area contributed by atoms with Crippen molar-refractivity contribution in [1.29, 1.82) is 0 Å². The molecule has 3 aromatic carbocycles. The molecule has 0 spiro atoms. The first-order valence-electron chi connectivity index (χ1n) is 11.0. The van der Waals surface area contributed by atoms with Gasteiger partial charge >= 0.3 is 6.18 Å². The van der Waals surface area contributed by atoms with Crippen LogP contribution in [0, 0.1) is 0 Å².